The number of fused-ring (bicyclic) bond motifs is 1. The van der Waals surface area contributed by atoms with Gasteiger partial charge in [-0.2, -0.15) is 5.10 Å². The smallest absolute Gasteiger partial charge is 0.311 e. The molecule has 116 valence electrons. The predicted octanol–water partition coefficient (Wildman–Crippen LogP) is 2.39. The highest BCUT2D eigenvalue weighted by Gasteiger charge is 2.54. The van der Waals surface area contributed by atoms with E-state index in [-0.39, 0.29) is 5.41 Å². The monoisotopic (exact) mass is 291 g/mol. The molecule has 2 atom stereocenters. The van der Waals surface area contributed by atoms with Gasteiger partial charge >= 0.3 is 5.97 Å². The molecule has 0 unspecified atom stereocenters. The van der Waals surface area contributed by atoms with E-state index in [1.54, 1.807) is 0 Å². The summed E-state index contributed by atoms with van der Waals surface area (Å²) in [4.78, 5) is 14.0. The van der Waals surface area contributed by atoms with Crippen molar-refractivity contribution >= 4 is 5.97 Å². The zero-order valence-corrected chi connectivity index (χ0v) is 13.1. The van der Waals surface area contributed by atoms with Gasteiger partial charge in [0.25, 0.3) is 0 Å². The van der Waals surface area contributed by atoms with Crippen LogP contribution in [0.15, 0.2) is 6.20 Å². The Balaban J connectivity index is 1.77. The van der Waals surface area contributed by atoms with Gasteiger partial charge in [-0.05, 0) is 18.8 Å². The van der Waals surface area contributed by atoms with Gasteiger partial charge < -0.3 is 5.11 Å². The zero-order valence-electron chi connectivity index (χ0n) is 13.1. The number of rotatable bonds is 3. The van der Waals surface area contributed by atoms with Crippen molar-refractivity contribution in [2.45, 2.75) is 52.0 Å². The number of aromatic amines is 1. The highest BCUT2D eigenvalue weighted by molar-refractivity contribution is 5.76. The molecule has 0 aromatic carbocycles. The normalized spacial score (nSPS) is 29.8. The number of likely N-dealkylation sites (tertiary alicyclic amines) is 1. The Hall–Kier alpha value is -1.36. The second-order valence-corrected chi connectivity index (χ2v) is 7.74. The molecule has 1 aliphatic heterocycles. The van der Waals surface area contributed by atoms with Gasteiger partial charge in [-0.25, -0.2) is 0 Å². The van der Waals surface area contributed by atoms with Crippen molar-refractivity contribution in [3.05, 3.63) is 17.5 Å². The first kappa shape index (κ1) is 14.6. The molecule has 21 heavy (non-hydrogen) atoms. The molecule has 2 heterocycles. The Labute approximate surface area is 125 Å². The summed E-state index contributed by atoms with van der Waals surface area (Å²) < 4.78 is 0. The molecule has 1 aromatic heterocycles. The predicted molar refractivity (Wildman–Crippen MR) is 80.0 cm³/mol. The third-order valence-electron chi connectivity index (χ3n) is 5.23. The Bertz CT molecular complexity index is 546. The van der Waals surface area contributed by atoms with E-state index in [1.165, 1.54) is 5.56 Å². The standard InChI is InChI=1S/C16H25N3O2/c1-15(2,3)13-11(7-17-18-13)8-19-9-12-5-4-6-16(12,10-19)14(20)21/h7,12H,4-6,8-10H2,1-3H3,(H,17,18)(H,20,21)/t12-,16+/m0/s1. The molecular formula is C16H25N3O2. The van der Waals surface area contributed by atoms with Crippen LogP contribution in [0.1, 0.15) is 51.3 Å². The van der Waals surface area contributed by atoms with Crippen LogP contribution in [0.5, 0.6) is 0 Å². The van der Waals surface area contributed by atoms with Crippen molar-refractivity contribution in [1.29, 1.82) is 0 Å². The van der Waals surface area contributed by atoms with Gasteiger partial charge in [0, 0.05) is 36.3 Å². The van der Waals surface area contributed by atoms with E-state index in [9.17, 15) is 9.90 Å². The molecule has 0 spiro atoms. The Morgan fingerprint density at radius 1 is 1.57 bits per heavy atom. The molecule has 1 aliphatic carbocycles. The number of aromatic nitrogens is 2. The first-order chi connectivity index (χ1) is 9.83. The third kappa shape index (κ3) is 2.37. The Morgan fingerprint density at radius 3 is 2.95 bits per heavy atom. The molecular weight excluding hydrogens is 266 g/mol. The van der Waals surface area contributed by atoms with Gasteiger partial charge in [-0.15, -0.1) is 0 Å². The first-order valence-electron chi connectivity index (χ1n) is 7.81. The number of carboxylic acid groups (broad SMARTS) is 1. The summed E-state index contributed by atoms with van der Waals surface area (Å²) in [5.41, 5.74) is 1.89. The minimum atomic E-state index is -0.601. The molecule has 1 saturated carbocycles. The summed E-state index contributed by atoms with van der Waals surface area (Å²) in [5.74, 6) is -0.282. The van der Waals surface area contributed by atoms with Gasteiger partial charge in [0.2, 0.25) is 0 Å². The van der Waals surface area contributed by atoms with Crippen LogP contribution in [0.2, 0.25) is 0 Å². The maximum atomic E-state index is 11.7. The van der Waals surface area contributed by atoms with Crippen LogP contribution in [0, 0.1) is 11.3 Å². The summed E-state index contributed by atoms with van der Waals surface area (Å²) in [6.07, 6.45) is 4.84. The lowest BCUT2D eigenvalue weighted by atomic mass is 9.81. The van der Waals surface area contributed by atoms with Crippen molar-refractivity contribution in [2.24, 2.45) is 11.3 Å². The third-order valence-corrected chi connectivity index (χ3v) is 5.23. The second-order valence-electron chi connectivity index (χ2n) is 7.74. The van der Waals surface area contributed by atoms with Gasteiger partial charge in [0.05, 0.1) is 11.6 Å². The minimum Gasteiger partial charge on any atom is -0.481 e. The van der Waals surface area contributed by atoms with Gasteiger partial charge in [-0.3, -0.25) is 14.8 Å². The average molecular weight is 291 g/mol. The lowest BCUT2D eigenvalue weighted by Crippen LogP contribution is -2.35. The minimum absolute atomic E-state index is 0.0336. The average Bonchev–Trinajstić information content (AvgIpc) is 3.00. The largest absolute Gasteiger partial charge is 0.481 e. The molecule has 1 aromatic rings. The maximum absolute atomic E-state index is 11.7. The van der Waals surface area contributed by atoms with Gasteiger partial charge in [0.15, 0.2) is 0 Å². The molecule has 2 fully saturated rings. The Morgan fingerprint density at radius 2 is 2.33 bits per heavy atom. The molecule has 5 heteroatoms. The van der Waals surface area contributed by atoms with Crippen LogP contribution in [-0.4, -0.2) is 39.3 Å². The number of carbonyl (C=O) groups is 1. The van der Waals surface area contributed by atoms with Crippen molar-refractivity contribution in [1.82, 2.24) is 15.1 Å². The summed E-state index contributed by atoms with van der Waals surface area (Å²) in [5, 5.41) is 17.0. The number of hydrogen-bond acceptors (Lipinski definition) is 3. The molecule has 0 radical (unpaired) electrons. The van der Waals surface area contributed by atoms with E-state index >= 15 is 0 Å². The number of nitrogens with one attached hydrogen (secondary N) is 1. The van der Waals surface area contributed by atoms with E-state index in [0.717, 1.165) is 38.0 Å². The maximum Gasteiger partial charge on any atom is 0.311 e. The first-order valence-corrected chi connectivity index (χ1v) is 7.81. The summed E-state index contributed by atoms with van der Waals surface area (Å²) in [6, 6.07) is 0. The molecule has 2 N–H and O–H groups in total. The van der Waals surface area contributed by atoms with Crippen molar-refractivity contribution < 1.29 is 9.90 Å². The number of aliphatic carboxylic acids is 1. The van der Waals surface area contributed by atoms with Crippen molar-refractivity contribution in [3.8, 4) is 0 Å². The van der Waals surface area contributed by atoms with Crippen LogP contribution < -0.4 is 0 Å². The van der Waals surface area contributed by atoms with Crippen LogP contribution >= 0.6 is 0 Å². The van der Waals surface area contributed by atoms with E-state index < -0.39 is 11.4 Å². The van der Waals surface area contributed by atoms with E-state index in [1.807, 2.05) is 6.20 Å². The molecule has 2 aliphatic rings. The number of H-pyrrole nitrogens is 1. The topological polar surface area (TPSA) is 69.2 Å². The van der Waals surface area contributed by atoms with Crippen molar-refractivity contribution in [3.63, 3.8) is 0 Å². The van der Waals surface area contributed by atoms with Gasteiger partial charge in [0.1, 0.15) is 0 Å². The number of nitrogens with zero attached hydrogens (tertiary/aromatic N) is 2. The van der Waals surface area contributed by atoms with Crippen molar-refractivity contribution in [2.75, 3.05) is 13.1 Å². The molecule has 0 bridgehead atoms. The number of carboxylic acids is 1. The Kier molecular flexibility index (Phi) is 3.35. The fourth-order valence-electron chi connectivity index (χ4n) is 4.18. The molecule has 3 rings (SSSR count). The lowest BCUT2D eigenvalue weighted by molar-refractivity contribution is -0.149. The highest BCUT2D eigenvalue weighted by Crippen LogP contribution is 2.49. The molecule has 5 nitrogen and oxygen atoms in total. The van der Waals surface area contributed by atoms with Crippen LogP contribution in [-0.2, 0) is 16.8 Å². The second kappa shape index (κ2) is 4.83. The molecule has 0 amide bonds. The summed E-state index contributed by atoms with van der Waals surface area (Å²) in [6.45, 7) is 8.89. The van der Waals surface area contributed by atoms with E-state index in [0.29, 0.717) is 12.5 Å². The fourth-order valence-corrected chi connectivity index (χ4v) is 4.18. The molecule has 1 saturated heterocycles. The quantitative estimate of drug-likeness (QED) is 0.897. The lowest BCUT2D eigenvalue weighted by Gasteiger charge is -2.24. The van der Waals surface area contributed by atoms with E-state index in [4.69, 9.17) is 0 Å². The van der Waals surface area contributed by atoms with Crippen LogP contribution in [0.3, 0.4) is 0 Å². The highest BCUT2D eigenvalue weighted by atomic mass is 16.4. The summed E-state index contributed by atoms with van der Waals surface area (Å²) in [7, 11) is 0. The fraction of sp³-hybridized carbons (Fsp3) is 0.750. The van der Waals surface area contributed by atoms with Crippen LogP contribution in [0.25, 0.3) is 0 Å². The number of hydrogen-bond donors (Lipinski definition) is 2. The SMILES string of the molecule is CC(C)(C)c1[nH]ncc1CN1C[C@@H]2CCC[C@@]2(C(=O)O)C1. The van der Waals surface area contributed by atoms with E-state index in [2.05, 4.69) is 35.9 Å². The van der Waals surface area contributed by atoms with Gasteiger partial charge in [-0.1, -0.05) is 27.2 Å². The zero-order chi connectivity index (χ0) is 15.3. The summed E-state index contributed by atoms with van der Waals surface area (Å²) >= 11 is 0. The van der Waals surface area contributed by atoms with Crippen LogP contribution in [0.4, 0.5) is 0 Å².